The van der Waals surface area contributed by atoms with E-state index in [1.54, 1.807) is 7.11 Å². The molecule has 3 nitrogen and oxygen atoms in total. The average molecular weight is 233 g/mol. The van der Waals surface area contributed by atoms with Crippen molar-refractivity contribution in [2.75, 3.05) is 7.11 Å². The van der Waals surface area contributed by atoms with Gasteiger partial charge in [0.05, 0.1) is 18.9 Å². The van der Waals surface area contributed by atoms with Crippen LogP contribution in [0.3, 0.4) is 0 Å². The van der Waals surface area contributed by atoms with E-state index in [4.69, 9.17) is 4.74 Å². The first kappa shape index (κ1) is 11.0. The molecule has 2 bridgehead atoms. The van der Waals surface area contributed by atoms with Gasteiger partial charge >= 0.3 is 0 Å². The van der Waals surface area contributed by atoms with Gasteiger partial charge in [-0.3, -0.25) is 0 Å². The number of methoxy groups -OCH3 is 1. The summed E-state index contributed by atoms with van der Waals surface area (Å²) in [7, 11) is 1.61. The molecule has 2 aliphatic carbocycles. The van der Waals surface area contributed by atoms with Crippen LogP contribution in [0.2, 0.25) is 0 Å². The molecule has 2 saturated carbocycles. The Balaban J connectivity index is 1.79. The van der Waals surface area contributed by atoms with Gasteiger partial charge in [0.25, 0.3) is 0 Å². The van der Waals surface area contributed by atoms with E-state index in [0.717, 1.165) is 11.6 Å². The molecule has 2 aliphatic rings. The van der Waals surface area contributed by atoms with Crippen molar-refractivity contribution in [1.29, 1.82) is 0 Å². The quantitative estimate of drug-likeness (QED) is 0.872. The summed E-state index contributed by atoms with van der Waals surface area (Å²) in [5.74, 6) is 2.56. The van der Waals surface area contributed by atoms with Crippen molar-refractivity contribution in [3.8, 4) is 5.88 Å². The Morgan fingerprint density at radius 1 is 1.35 bits per heavy atom. The van der Waals surface area contributed by atoms with E-state index in [0.29, 0.717) is 17.7 Å². The van der Waals surface area contributed by atoms with Gasteiger partial charge in [0, 0.05) is 6.07 Å². The second-order valence-electron chi connectivity index (χ2n) is 5.39. The lowest BCUT2D eigenvalue weighted by Gasteiger charge is -2.26. The molecule has 4 unspecified atom stereocenters. The van der Waals surface area contributed by atoms with Gasteiger partial charge in [-0.2, -0.15) is 0 Å². The average Bonchev–Trinajstić information content (AvgIpc) is 3.00. The van der Waals surface area contributed by atoms with E-state index in [2.05, 4.69) is 4.98 Å². The van der Waals surface area contributed by atoms with Crippen LogP contribution in [0.1, 0.15) is 37.5 Å². The molecule has 0 spiro atoms. The van der Waals surface area contributed by atoms with Crippen LogP contribution in [0.15, 0.2) is 18.2 Å². The predicted octanol–water partition coefficient (Wildman–Crippen LogP) is 2.56. The predicted molar refractivity (Wildman–Crippen MR) is 64.7 cm³/mol. The van der Waals surface area contributed by atoms with Crippen molar-refractivity contribution in [2.24, 2.45) is 17.8 Å². The van der Waals surface area contributed by atoms with Crippen molar-refractivity contribution < 1.29 is 9.84 Å². The number of aliphatic hydroxyl groups is 1. The summed E-state index contributed by atoms with van der Waals surface area (Å²) >= 11 is 0. The molecule has 3 heteroatoms. The summed E-state index contributed by atoms with van der Waals surface area (Å²) in [6.45, 7) is 0. The Morgan fingerprint density at radius 2 is 2.24 bits per heavy atom. The van der Waals surface area contributed by atoms with Gasteiger partial charge in [0.1, 0.15) is 0 Å². The molecule has 17 heavy (non-hydrogen) atoms. The fraction of sp³-hybridized carbons (Fsp3) is 0.643. The number of fused-ring (bicyclic) bond motifs is 2. The highest BCUT2D eigenvalue weighted by atomic mass is 16.5. The van der Waals surface area contributed by atoms with Crippen LogP contribution in [0, 0.1) is 17.8 Å². The van der Waals surface area contributed by atoms with Gasteiger partial charge in [-0.25, -0.2) is 4.98 Å². The van der Waals surface area contributed by atoms with Gasteiger partial charge in [-0.1, -0.05) is 12.5 Å². The van der Waals surface area contributed by atoms with Crippen LogP contribution in [0.5, 0.6) is 5.88 Å². The first-order valence-electron chi connectivity index (χ1n) is 6.47. The fourth-order valence-corrected chi connectivity index (χ4v) is 3.61. The molecule has 0 saturated heterocycles. The van der Waals surface area contributed by atoms with Crippen molar-refractivity contribution in [3.63, 3.8) is 0 Å². The Morgan fingerprint density at radius 3 is 2.88 bits per heavy atom. The minimum atomic E-state index is -0.416. The zero-order valence-corrected chi connectivity index (χ0v) is 10.2. The molecular weight excluding hydrogens is 214 g/mol. The number of hydrogen-bond acceptors (Lipinski definition) is 3. The van der Waals surface area contributed by atoms with Gasteiger partial charge in [-0.05, 0) is 43.1 Å². The number of aliphatic hydroxyl groups excluding tert-OH is 1. The molecule has 92 valence electrons. The molecule has 2 fully saturated rings. The van der Waals surface area contributed by atoms with Crippen LogP contribution in [-0.2, 0) is 0 Å². The zero-order valence-electron chi connectivity index (χ0n) is 10.2. The minimum Gasteiger partial charge on any atom is -0.481 e. The number of ether oxygens (including phenoxy) is 1. The highest BCUT2D eigenvalue weighted by molar-refractivity contribution is 5.18. The van der Waals surface area contributed by atoms with Crippen molar-refractivity contribution in [1.82, 2.24) is 4.98 Å². The third kappa shape index (κ3) is 1.93. The molecule has 1 aromatic heterocycles. The molecule has 3 rings (SSSR count). The van der Waals surface area contributed by atoms with Gasteiger partial charge in [0.2, 0.25) is 5.88 Å². The lowest BCUT2D eigenvalue weighted by Crippen LogP contribution is -2.20. The Kier molecular flexibility index (Phi) is 2.79. The largest absolute Gasteiger partial charge is 0.481 e. The van der Waals surface area contributed by atoms with Crippen LogP contribution in [0.25, 0.3) is 0 Å². The van der Waals surface area contributed by atoms with Gasteiger partial charge in [0.15, 0.2) is 0 Å². The SMILES string of the molecule is COc1cccc(C(O)C2CC3CCC2C3)n1. The third-order valence-electron chi connectivity index (χ3n) is 4.46. The first-order chi connectivity index (χ1) is 8.28. The fourth-order valence-electron chi connectivity index (χ4n) is 3.61. The van der Waals surface area contributed by atoms with E-state index in [1.807, 2.05) is 18.2 Å². The zero-order chi connectivity index (χ0) is 11.8. The van der Waals surface area contributed by atoms with E-state index in [-0.39, 0.29) is 0 Å². The molecule has 1 aromatic rings. The van der Waals surface area contributed by atoms with Crippen LogP contribution in [0.4, 0.5) is 0 Å². The van der Waals surface area contributed by atoms with Crippen molar-refractivity contribution in [3.05, 3.63) is 23.9 Å². The second kappa shape index (κ2) is 4.30. The second-order valence-corrected chi connectivity index (χ2v) is 5.39. The number of rotatable bonds is 3. The number of hydrogen-bond donors (Lipinski definition) is 1. The van der Waals surface area contributed by atoms with Gasteiger partial charge < -0.3 is 9.84 Å². The smallest absolute Gasteiger partial charge is 0.213 e. The van der Waals surface area contributed by atoms with Gasteiger partial charge in [-0.15, -0.1) is 0 Å². The molecule has 1 N–H and O–H groups in total. The maximum absolute atomic E-state index is 10.4. The van der Waals surface area contributed by atoms with Crippen molar-refractivity contribution in [2.45, 2.75) is 31.8 Å². The lowest BCUT2D eigenvalue weighted by atomic mass is 9.83. The highest BCUT2D eigenvalue weighted by Gasteiger charge is 2.43. The summed E-state index contributed by atoms with van der Waals surface area (Å²) < 4.78 is 5.11. The summed E-state index contributed by atoms with van der Waals surface area (Å²) in [4.78, 5) is 4.35. The van der Waals surface area contributed by atoms with E-state index < -0.39 is 6.10 Å². The molecular formula is C14H19NO2. The third-order valence-corrected chi connectivity index (χ3v) is 4.46. The molecule has 0 aliphatic heterocycles. The van der Waals surface area contributed by atoms with Crippen LogP contribution < -0.4 is 4.74 Å². The van der Waals surface area contributed by atoms with Crippen LogP contribution >= 0.6 is 0 Å². The van der Waals surface area contributed by atoms with E-state index in [9.17, 15) is 5.11 Å². The minimum absolute atomic E-state index is 0.411. The maximum atomic E-state index is 10.4. The summed E-state index contributed by atoms with van der Waals surface area (Å²) in [5.41, 5.74) is 0.766. The van der Waals surface area contributed by atoms with E-state index in [1.165, 1.54) is 25.7 Å². The standard InChI is InChI=1S/C14H19NO2/c1-17-13-4-2-3-12(15-13)14(16)11-8-9-5-6-10(11)7-9/h2-4,9-11,14,16H,5-8H2,1H3. The number of pyridine rings is 1. The summed E-state index contributed by atoms with van der Waals surface area (Å²) in [5, 5.41) is 10.4. The lowest BCUT2D eigenvalue weighted by molar-refractivity contribution is 0.0704. The molecule has 1 heterocycles. The normalized spacial score (nSPS) is 32.7. The summed E-state index contributed by atoms with van der Waals surface area (Å²) in [6.07, 6.45) is 4.71. The maximum Gasteiger partial charge on any atom is 0.213 e. The Labute approximate surface area is 102 Å². The van der Waals surface area contributed by atoms with E-state index >= 15 is 0 Å². The molecule has 4 atom stereocenters. The number of nitrogens with zero attached hydrogens (tertiary/aromatic N) is 1. The topological polar surface area (TPSA) is 42.4 Å². The Bertz CT molecular complexity index is 407. The monoisotopic (exact) mass is 233 g/mol. The molecule has 0 aromatic carbocycles. The highest BCUT2D eigenvalue weighted by Crippen LogP contribution is 2.52. The summed E-state index contributed by atoms with van der Waals surface area (Å²) in [6, 6.07) is 5.62. The first-order valence-corrected chi connectivity index (χ1v) is 6.47. The number of aromatic nitrogens is 1. The molecule has 0 amide bonds. The van der Waals surface area contributed by atoms with Crippen LogP contribution in [-0.4, -0.2) is 17.2 Å². The van der Waals surface area contributed by atoms with Crippen molar-refractivity contribution >= 4 is 0 Å². The Hall–Kier alpha value is -1.09. The molecule has 0 radical (unpaired) electrons.